The van der Waals surface area contributed by atoms with Gasteiger partial charge >= 0.3 is 22.2 Å². The molecule has 4 aromatic carbocycles. The molecule has 0 fully saturated rings. The number of nitrogens with zero attached hydrogens (tertiary/aromatic N) is 8. The summed E-state index contributed by atoms with van der Waals surface area (Å²) in [6, 6.07) is 16.3. The fourth-order valence-electron chi connectivity index (χ4n) is 6.17. The summed E-state index contributed by atoms with van der Waals surface area (Å²) in [5.41, 5.74) is 0.547. The fraction of sp³-hybridized carbons (Fsp3) is 0. The molecule has 0 saturated heterocycles. The number of rotatable bonds is 4. The van der Waals surface area contributed by atoms with Crippen molar-refractivity contribution in [3.63, 3.8) is 0 Å². The molecule has 0 atom stereocenters. The molecule has 17 heteroatoms. The number of carbonyl (C=O) groups is 4. The summed E-state index contributed by atoms with van der Waals surface area (Å²) >= 11 is 0. The molecule has 258 valence electrons. The van der Waals surface area contributed by atoms with Crippen molar-refractivity contribution in [3.8, 4) is 45.6 Å². The molecule has 9 rings (SSSR count). The van der Waals surface area contributed by atoms with Gasteiger partial charge in [-0.25, -0.2) is 9.97 Å². The van der Waals surface area contributed by atoms with Crippen LogP contribution in [0.1, 0.15) is 47.1 Å². The van der Waals surface area contributed by atoms with Crippen molar-refractivity contribution in [2.45, 2.75) is 0 Å². The van der Waals surface area contributed by atoms with E-state index in [0.717, 1.165) is 0 Å². The molecule has 2 aliphatic rings. The molecule has 5 heterocycles. The number of aromatic nitrogens is 8. The minimum atomic E-state index is -1.45. The van der Waals surface area contributed by atoms with Crippen molar-refractivity contribution in [2.75, 3.05) is 0 Å². The van der Waals surface area contributed by atoms with Crippen LogP contribution in [0.3, 0.4) is 0 Å². The molecule has 3 aromatic heterocycles. The van der Waals surface area contributed by atoms with Crippen LogP contribution in [0.15, 0.2) is 72.8 Å². The zero-order valence-electron chi connectivity index (χ0n) is 30.1. The van der Waals surface area contributed by atoms with E-state index in [1.807, 2.05) is 0 Å². The molecule has 0 amide bonds. The van der Waals surface area contributed by atoms with Gasteiger partial charge in [0.1, 0.15) is 0 Å². The third-order valence-electron chi connectivity index (χ3n) is 8.64. The molecular formula is C36H16N8NiO8. The van der Waals surface area contributed by atoms with E-state index >= 15 is 0 Å². The molecule has 7 aromatic rings. The molecule has 0 saturated carbocycles. The second kappa shape index (κ2) is 11.9. The van der Waals surface area contributed by atoms with Gasteiger partial charge in [0.2, 0.25) is 0 Å². The van der Waals surface area contributed by atoms with E-state index in [-0.39, 0.29) is 112 Å². The van der Waals surface area contributed by atoms with Gasteiger partial charge in [0.15, 0.2) is 0 Å². The van der Waals surface area contributed by atoms with Crippen LogP contribution in [0.25, 0.3) is 89.7 Å². The van der Waals surface area contributed by atoms with Crippen LogP contribution in [0.2, 0.25) is 0 Å². The summed E-state index contributed by atoms with van der Waals surface area (Å²) in [6.45, 7) is 0. The standard InChI is InChI=1S/C36H18N8O8.Ni/c45-33(46)13-1-5-17-21(9-13)29-37-25(17)41-30-22-10-14(34(47)48)2-6-18(22)27(38-30)43-32-24-12-16(36(51)52)4-8-20(24)28(40-32)44-31-23-11-15(35(49)50)3-7-19(23)26(39-31)42-29;/h1-12H,(H6,37,38,39,40,41,42,43,44,45,46,47,48,49,50,51,52);/q;+2/p-2. The van der Waals surface area contributed by atoms with Gasteiger partial charge in [-0.05, 0) is 68.1 Å². The first-order valence-corrected chi connectivity index (χ1v) is 15.2. The Morgan fingerprint density at radius 3 is 1.06 bits per heavy atom. The maximum atomic E-state index is 11.8. The summed E-state index contributed by atoms with van der Waals surface area (Å²) in [6.07, 6.45) is 0. The van der Waals surface area contributed by atoms with Crippen LogP contribution in [0.5, 0.6) is 0 Å². The van der Waals surface area contributed by atoms with Gasteiger partial charge in [0.25, 0.3) is 0 Å². The Labute approximate surface area is 309 Å². The zero-order valence-corrected chi connectivity index (χ0v) is 27.1. The second-order valence-electron chi connectivity index (χ2n) is 11.7. The second-order valence-corrected chi connectivity index (χ2v) is 11.7. The number of benzene rings is 4. The molecule has 0 unspecified atom stereocenters. The molecule has 2 aliphatic heterocycles. The molecule has 0 spiro atoms. The maximum absolute atomic E-state index is 11.8. The summed E-state index contributed by atoms with van der Waals surface area (Å²) in [7, 11) is 0. The van der Waals surface area contributed by atoms with Crippen LogP contribution in [0, 0.1) is 0 Å². The average molecular weight is 747 g/mol. The Morgan fingerprint density at radius 2 is 0.698 bits per heavy atom. The largest absolute Gasteiger partial charge is 2.00 e. The molecule has 16 nitrogen and oxygen atoms in total. The number of carboxylic acids is 4. The van der Waals surface area contributed by atoms with Gasteiger partial charge in [0.05, 0.1) is 47.2 Å². The van der Waals surface area contributed by atoms with E-state index in [9.17, 15) is 39.6 Å². The summed E-state index contributed by atoms with van der Waals surface area (Å²) in [5, 5.41) is 48.6. The van der Waals surface area contributed by atoms with Crippen LogP contribution in [0.4, 0.5) is 0 Å². The third-order valence-corrected chi connectivity index (χ3v) is 8.64. The van der Waals surface area contributed by atoms with E-state index in [1.165, 1.54) is 72.8 Å². The monoisotopic (exact) mass is 746 g/mol. The number of hydrogen-bond acceptors (Lipinski definition) is 14. The smallest absolute Gasteiger partial charge is 0.545 e. The molecular weight excluding hydrogens is 731 g/mol. The minimum absolute atomic E-state index is 0. The molecule has 0 N–H and O–H groups in total. The van der Waals surface area contributed by atoms with Gasteiger partial charge in [-0.1, -0.05) is 48.5 Å². The number of aromatic carboxylic acids is 4. The average Bonchev–Trinajstić information content (AvgIpc) is 3.85. The first-order chi connectivity index (χ1) is 25.0. The molecule has 0 radical (unpaired) electrons. The van der Waals surface area contributed by atoms with Crippen molar-refractivity contribution in [3.05, 3.63) is 95.1 Å². The Hall–Kier alpha value is -7.39. The van der Waals surface area contributed by atoms with Gasteiger partial charge in [-0.15, -0.1) is 0 Å². The van der Waals surface area contributed by atoms with E-state index in [4.69, 9.17) is 0 Å². The molecule has 53 heavy (non-hydrogen) atoms. The topological polar surface area (TPSA) is 266 Å². The van der Waals surface area contributed by atoms with Gasteiger partial charge in [-0.2, -0.15) is 0 Å². The van der Waals surface area contributed by atoms with E-state index in [0.29, 0.717) is 21.9 Å². The fourth-order valence-corrected chi connectivity index (χ4v) is 6.17. The maximum Gasteiger partial charge on any atom is 2.00 e. The van der Waals surface area contributed by atoms with Crippen molar-refractivity contribution in [1.29, 1.82) is 0 Å². The Balaban J connectivity index is 0.00000144. The zero-order chi connectivity index (χ0) is 36.0. The SMILES string of the molecule is O=C([O-])c1ccc2c(c1)-c1nc-2nc2[n-]c(nc3nc(nc4[n-]c(n1)c1ccc(C(=O)[O-])cc41)-c1ccc(C(=O)[O-])cc1-3)c1ccc(C(=O)[O-])cc21.[H+].[H+].[H+].[H+].[Ni+2]. The number of fused-ring (bicyclic) bond motifs is 20. The molecule has 0 aliphatic carbocycles. The Bertz CT molecular complexity index is 2830. The van der Waals surface area contributed by atoms with Gasteiger partial charge in [0, 0.05) is 44.8 Å². The minimum Gasteiger partial charge on any atom is -0.545 e. The van der Waals surface area contributed by atoms with E-state index in [2.05, 4.69) is 39.9 Å². The first-order valence-electron chi connectivity index (χ1n) is 15.2. The number of carbonyl (C=O) groups excluding carboxylic acids is 4. The number of hydrogen-bond donors (Lipinski definition) is 0. The van der Waals surface area contributed by atoms with Crippen molar-refractivity contribution in [2.24, 2.45) is 0 Å². The Morgan fingerprint density at radius 1 is 0.396 bits per heavy atom. The summed E-state index contributed by atoms with van der Waals surface area (Å²) in [5.74, 6) is -5.77. The molecule has 8 bridgehead atoms. The van der Waals surface area contributed by atoms with Crippen molar-refractivity contribution < 1.29 is 61.8 Å². The third kappa shape index (κ3) is 5.22. The summed E-state index contributed by atoms with van der Waals surface area (Å²) in [4.78, 5) is 84.4. The van der Waals surface area contributed by atoms with Crippen molar-refractivity contribution >= 4 is 68.0 Å². The summed E-state index contributed by atoms with van der Waals surface area (Å²) < 4.78 is 0. The Kier molecular flexibility index (Phi) is 7.33. The van der Waals surface area contributed by atoms with E-state index < -0.39 is 23.9 Å². The normalized spacial score (nSPS) is 11.5. The predicted molar refractivity (Wildman–Crippen MR) is 176 cm³/mol. The quantitative estimate of drug-likeness (QED) is 0.215. The van der Waals surface area contributed by atoms with Gasteiger partial charge in [-0.3, -0.25) is 0 Å². The predicted octanol–water partition coefficient (Wildman–Crippen LogP) is 0.0289. The first kappa shape index (κ1) is 32.8. The van der Waals surface area contributed by atoms with Crippen LogP contribution in [-0.4, -0.2) is 53.8 Å². The van der Waals surface area contributed by atoms with Crippen LogP contribution in [-0.2, 0) is 16.5 Å². The van der Waals surface area contributed by atoms with Crippen LogP contribution >= 0.6 is 0 Å². The van der Waals surface area contributed by atoms with Crippen LogP contribution < -0.4 is 30.4 Å². The number of carboxylic acid groups (broad SMARTS) is 4. The van der Waals surface area contributed by atoms with Crippen molar-refractivity contribution in [1.82, 2.24) is 39.9 Å². The van der Waals surface area contributed by atoms with E-state index in [1.54, 1.807) is 0 Å². The van der Waals surface area contributed by atoms with Gasteiger partial charge < -0.3 is 69.5 Å².